The van der Waals surface area contributed by atoms with Gasteiger partial charge in [0, 0.05) is 13.1 Å². The largest absolute Gasteiger partial charge is 0.370 e. The first-order valence-corrected chi connectivity index (χ1v) is 11.3. The molecule has 0 bridgehead atoms. The first kappa shape index (κ1) is 24.8. The fourth-order valence-corrected chi connectivity index (χ4v) is 4.00. The molecule has 2 aromatic carbocycles. The minimum absolute atomic E-state index is 0.0556. The van der Waals surface area contributed by atoms with Gasteiger partial charge in [-0.3, -0.25) is 9.59 Å². The standard InChI is InChI=1S/C20H27N7O4S/c21-10-17(27-32(30,31)13-15-4-2-1-3-5-15)19(29)25-12-18(28)24-11-14-6-8-16(9-7-14)26-20(22)23/h1-9,17,27H,10-13,21H2,(H,24,28)(H,25,29)(H4,22,23,26). The molecular weight excluding hydrogens is 434 g/mol. The number of benzene rings is 2. The van der Waals surface area contributed by atoms with Gasteiger partial charge >= 0.3 is 0 Å². The average Bonchev–Trinajstić information content (AvgIpc) is 2.75. The lowest BCUT2D eigenvalue weighted by molar-refractivity contribution is -0.126. The van der Waals surface area contributed by atoms with Crippen LogP contribution >= 0.6 is 0 Å². The fraction of sp³-hybridized carbons (Fsp3) is 0.250. The van der Waals surface area contributed by atoms with Crippen LogP contribution in [-0.4, -0.2) is 45.3 Å². The van der Waals surface area contributed by atoms with Crippen LogP contribution < -0.4 is 32.6 Å². The van der Waals surface area contributed by atoms with Crippen molar-refractivity contribution in [1.82, 2.24) is 15.4 Å². The number of carbonyl (C=O) groups is 2. The first-order valence-electron chi connectivity index (χ1n) is 9.65. The second-order valence-corrected chi connectivity index (χ2v) is 8.60. The second kappa shape index (κ2) is 11.8. The van der Waals surface area contributed by atoms with Crippen LogP contribution in [0.2, 0.25) is 0 Å². The Morgan fingerprint density at radius 3 is 2.19 bits per heavy atom. The van der Waals surface area contributed by atoms with Gasteiger partial charge in [-0.2, -0.15) is 0 Å². The molecule has 2 amide bonds. The minimum Gasteiger partial charge on any atom is -0.370 e. The van der Waals surface area contributed by atoms with Crippen LogP contribution in [-0.2, 0) is 31.9 Å². The van der Waals surface area contributed by atoms with Gasteiger partial charge in [0.05, 0.1) is 18.0 Å². The quantitative estimate of drug-likeness (QED) is 0.178. The summed E-state index contributed by atoms with van der Waals surface area (Å²) in [5, 5.41) is 5.03. The van der Waals surface area contributed by atoms with Crippen LogP contribution in [0.5, 0.6) is 0 Å². The molecule has 12 heteroatoms. The Hall–Kier alpha value is -3.48. The summed E-state index contributed by atoms with van der Waals surface area (Å²) in [6, 6.07) is 14.2. The van der Waals surface area contributed by atoms with Crippen molar-refractivity contribution in [3.05, 3.63) is 65.7 Å². The van der Waals surface area contributed by atoms with Crippen molar-refractivity contribution in [3.8, 4) is 0 Å². The van der Waals surface area contributed by atoms with E-state index in [1.165, 1.54) is 0 Å². The maximum atomic E-state index is 12.3. The molecule has 0 aliphatic rings. The maximum Gasteiger partial charge on any atom is 0.239 e. The lowest BCUT2D eigenvalue weighted by atomic mass is 10.2. The molecule has 172 valence electrons. The molecule has 1 unspecified atom stereocenters. The summed E-state index contributed by atoms with van der Waals surface area (Å²) < 4.78 is 26.9. The molecule has 32 heavy (non-hydrogen) atoms. The summed E-state index contributed by atoms with van der Waals surface area (Å²) in [4.78, 5) is 28.2. The van der Waals surface area contributed by atoms with Gasteiger partial charge in [-0.1, -0.05) is 42.5 Å². The van der Waals surface area contributed by atoms with E-state index in [0.29, 0.717) is 11.3 Å². The number of amides is 2. The third-order valence-corrected chi connectivity index (χ3v) is 5.54. The van der Waals surface area contributed by atoms with Crippen molar-refractivity contribution in [2.24, 2.45) is 22.2 Å². The molecule has 9 N–H and O–H groups in total. The molecular formula is C20H27N7O4S. The van der Waals surface area contributed by atoms with Crippen LogP contribution in [0.15, 0.2) is 59.6 Å². The van der Waals surface area contributed by atoms with E-state index in [4.69, 9.17) is 17.2 Å². The molecule has 0 heterocycles. The van der Waals surface area contributed by atoms with Crippen molar-refractivity contribution < 1.29 is 18.0 Å². The summed E-state index contributed by atoms with van der Waals surface area (Å²) in [7, 11) is -3.80. The number of aliphatic imine (C=N–C) groups is 1. The van der Waals surface area contributed by atoms with Gasteiger partial charge in [0.25, 0.3) is 0 Å². The minimum atomic E-state index is -3.80. The van der Waals surface area contributed by atoms with E-state index >= 15 is 0 Å². The number of nitrogens with two attached hydrogens (primary N) is 3. The van der Waals surface area contributed by atoms with Gasteiger partial charge in [0.2, 0.25) is 21.8 Å². The summed E-state index contributed by atoms with van der Waals surface area (Å²) in [5.74, 6) is -1.49. The Morgan fingerprint density at radius 2 is 1.59 bits per heavy atom. The molecule has 0 radical (unpaired) electrons. The highest BCUT2D eigenvalue weighted by atomic mass is 32.2. The molecule has 0 aromatic heterocycles. The molecule has 0 aliphatic carbocycles. The van der Waals surface area contributed by atoms with Gasteiger partial charge in [-0.15, -0.1) is 0 Å². The zero-order valence-electron chi connectivity index (χ0n) is 17.3. The Labute approximate surface area is 186 Å². The van der Waals surface area contributed by atoms with E-state index in [-0.39, 0.29) is 31.3 Å². The third-order valence-electron chi connectivity index (χ3n) is 4.18. The Bertz CT molecular complexity index is 1040. The highest BCUT2D eigenvalue weighted by Gasteiger charge is 2.23. The predicted octanol–water partition coefficient (Wildman–Crippen LogP) is -1.23. The molecule has 0 spiro atoms. The fourth-order valence-electron chi connectivity index (χ4n) is 2.65. The van der Waals surface area contributed by atoms with Crippen molar-refractivity contribution in [1.29, 1.82) is 0 Å². The van der Waals surface area contributed by atoms with Crippen molar-refractivity contribution >= 4 is 33.5 Å². The van der Waals surface area contributed by atoms with Crippen LogP contribution in [0, 0.1) is 0 Å². The number of hydrogen-bond donors (Lipinski definition) is 6. The normalized spacial score (nSPS) is 11.9. The summed E-state index contributed by atoms with van der Waals surface area (Å²) in [5.41, 5.74) is 18.1. The molecule has 0 saturated carbocycles. The zero-order valence-corrected chi connectivity index (χ0v) is 18.1. The lowest BCUT2D eigenvalue weighted by Crippen LogP contribution is -2.52. The van der Waals surface area contributed by atoms with Crippen LogP contribution in [0.25, 0.3) is 0 Å². The van der Waals surface area contributed by atoms with Gasteiger partial charge in [-0.25, -0.2) is 18.1 Å². The van der Waals surface area contributed by atoms with Crippen LogP contribution in [0.3, 0.4) is 0 Å². The topological polar surface area (TPSA) is 195 Å². The molecule has 11 nitrogen and oxygen atoms in total. The molecule has 0 saturated heterocycles. The van der Waals surface area contributed by atoms with E-state index in [1.807, 2.05) is 0 Å². The Kier molecular flexibility index (Phi) is 9.13. The number of guanidine groups is 1. The van der Waals surface area contributed by atoms with E-state index in [0.717, 1.165) is 5.56 Å². The van der Waals surface area contributed by atoms with Gasteiger partial charge < -0.3 is 27.8 Å². The number of hydrogen-bond acceptors (Lipinski definition) is 6. The molecule has 0 fully saturated rings. The molecule has 2 aromatic rings. The lowest BCUT2D eigenvalue weighted by Gasteiger charge is -2.17. The first-order chi connectivity index (χ1) is 15.2. The third kappa shape index (κ3) is 8.71. The average molecular weight is 462 g/mol. The smallest absolute Gasteiger partial charge is 0.239 e. The number of rotatable bonds is 11. The number of nitrogens with one attached hydrogen (secondary N) is 3. The molecule has 1 atom stereocenters. The van der Waals surface area contributed by atoms with Crippen LogP contribution in [0.4, 0.5) is 5.69 Å². The van der Waals surface area contributed by atoms with Crippen molar-refractivity contribution in [3.63, 3.8) is 0 Å². The van der Waals surface area contributed by atoms with Crippen molar-refractivity contribution in [2.45, 2.75) is 18.3 Å². The summed E-state index contributed by atoms with van der Waals surface area (Å²) >= 11 is 0. The summed E-state index contributed by atoms with van der Waals surface area (Å²) in [6.07, 6.45) is 0. The number of sulfonamides is 1. The maximum absolute atomic E-state index is 12.3. The number of carbonyl (C=O) groups excluding carboxylic acids is 2. The highest BCUT2D eigenvalue weighted by molar-refractivity contribution is 7.88. The highest BCUT2D eigenvalue weighted by Crippen LogP contribution is 2.12. The number of nitrogens with zero attached hydrogens (tertiary/aromatic N) is 1. The monoisotopic (exact) mass is 461 g/mol. The SMILES string of the molecule is NCC(NS(=O)(=O)Cc1ccccc1)C(=O)NCC(=O)NCc1ccc(N=C(N)N)cc1. The van der Waals surface area contributed by atoms with E-state index in [1.54, 1.807) is 54.6 Å². The zero-order chi connectivity index (χ0) is 23.6. The van der Waals surface area contributed by atoms with Gasteiger partial charge in [0.1, 0.15) is 6.04 Å². The Balaban J connectivity index is 1.80. The molecule has 2 rings (SSSR count). The Morgan fingerprint density at radius 1 is 0.938 bits per heavy atom. The summed E-state index contributed by atoms with van der Waals surface area (Å²) in [6.45, 7) is -0.369. The van der Waals surface area contributed by atoms with Crippen LogP contribution in [0.1, 0.15) is 11.1 Å². The molecule has 0 aliphatic heterocycles. The van der Waals surface area contributed by atoms with E-state index in [2.05, 4.69) is 20.3 Å². The van der Waals surface area contributed by atoms with E-state index in [9.17, 15) is 18.0 Å². The van der Waals surface area contributed by atoms with Gasteiger partial charge in [-0.05, 0) is 23.3 Å². The predicted molar refractivity (Wildman–Crippen MR) is 122 cm³/mol. The second-order valence-electron chi connectivity index (χ2n) is 6.85. The van der Waals surface area contributed by atoms with E-state index < -0.39 is 27.9 Å². The van der Waals surface area contributed by atoms with Crippen molar-refractivity contribution in [2.75, 3.05) is 13.1 Å². The van der Waals surface area contributed by atoms with Gasteiger partial charge in [0.15, 0.2) is 5.96 Å².